The van der Waals surface area contributed by atoms with E-state index in [2.05, 4.69) is 70.8 Å². The van der Waals surface area contributed by atoms with E-state index >= 15 is 0 Å². The van der Waals surface area contributed by atoms with Crippen molar-refractivity contribution in [2.24, 2.45) is 0 Å². The molecule has 1 aromatic carbocycles. The number of pyridine rings is 1. The van der Waals surface area contributed by atoms with Gasteiger partial charge in [-0.1, -0.05) is 59.7 Å². The van der Waals surface area contributed by atoms with Gasteiger partial charge in [-0.05, 0) is 46.6 Å². The second kappa shape index (κ2) is 8.01. The van der Waals surface area contributed by atoms with Crippen LogP contribution in [0.5, 0.6) is 0 Å². The van der Waals surface area contributed by atoms with Crippen molar-refractivity contribution in [2.75, 3.05) is 0 Å². The minimum absolute atomic E-state index is 0.539. The molecule has 0 amide bonds. The van der Waals surface area contributed by atoms with Crippen LogP contribution in [-0.4, -0.2) is 4.98 Å². The molecule has 0 unspecified atom stereocenters. The summed E-state index contributed by atoms with van der Waals surface area (Å²) in [7, 11) is 0. The van der Waals surface area contributed by atoms with Crippen LogP contribution < -0.4 is 0 Å². The Bertz CT molecular complexity index is 601. The van der Waals surface area contributed by atoms with Crippen LogP contribution in [-0.2, 0) is 5.75 Å². The van der Waals surface area contributed by atoms with Crippen molar-refractivity contribution in [3.63, 3.8) is 0 Å². The van der Waals surface area contributed by atoms with E-state index in [1.807, 2.05) is 24.0 Å². The van der Waals surface area contributed by atoms with E-state index in [4.69, 9.17) is 0 Å². The van der Waals surface area contributed by atoms with Crippen LogP contribution in [0.3, 0.4) is 0 Å². The molecule has 0 spiro atoms. The summed E-state index contributed by atoms with van der Waals surface area (Å²) in [6.45, 7) is 13.8. The zero-order valence-electron chi connectivity index (χ0n) is 15.3. The molecule has 0 saturated heterocycles. The van der Waals surface area contributed by atoms with Crippen LogP contribution in [0.1, 0.15) is 81.7 Å². The van der Waals surface area contributed by atoms with Crippen LogP contribution in [0.25, 0.3) is 0 Å². The Kier molecular flexibility index (Phi) is 6.29. The van der Waals surface area contributed by atoms with Crippen LogP contribution >= 0.6 is 11.8 Å². The molecule has 0 bridgehead atoms. The lowest BCUT2D eigenvalue weighted by Crippen LogP contribution is -2.03. The topological polar surface area (TPSA) is 12.9 Å². The summed E-state index contributed by atoms with van der Waals surface area (Å²) in [6, 6.07) is 11.0. The zero-order valence-corrected chi connectivity index (χ0v) is 16.1. The highest BCUT2D eigenvalue weighted by Crippen LogP contribution is 2.39. The molecule has 0 aliphatic carbocycles. The smallest absolute Gasteiger partial charge is 0.0506 e. The van der Waals surface area contributed by atoms with Crippen molar-refractivity contribution in [1.29, 1.82) is 0 Å². The summed E-state index contributed by atoms with van der Waals surface area (Å²) in [5.41, 5.74) is 5.58. The van der Waals surface area contributed by atoms with E-state index in [1.54, 1.807) is 0 Å². The fraction of sp³-hybridized carbons (Fsp3) is 0.476. The highest BCUT2D eigenvalue weighted by molar-refractivity contribution is 7.98. The maximum absolute atomic E-state index is 4.47. The summed E-state index contributed by atoms with van der Waals surface area (Å²) in [5.74, 6) is 2.58. The molecule has 0 fully saturated rings. The molecule has 0 N–H and O–H groups in total. The monoisotopic (exact) mass is 327 g/mol. The Balaban J connectivity index is 2.42. The van der Waals surface area contributed by atoms with Gasteiger partial charge in [0.1, 0.15) is 0 Å². The predicted molar refractivity (Wildman–Crippen MR) is 103 cm³/mol. The lowest BCUT2D eigenvalue weighted by Gasteiger charge is -2.22. The minimum atomic E-state index is 0.539. The highest BCUT2D eigenvalue weighted by Gasteiger charge is 2.17. The summed E-state index contributed by atoms with van der Waals surface area (Å²) >= 11 is 1.94. The second-order valence-electron chi connectivity index (χ2n) is 7.10. The molecule has 2 aromatic rings. The molecule has 124 valence electrons. The van der Waals surface area contributed by atoms with Crippen molar-refractivity contribution in [3.05, 3.63) is 58.9 Å². The third kappa shape index (κ3) is 4.60. The number of thioether (sulfide) groups is 1. The maximum atomic E-state index is 4.47. The van der Waals surface area contributed by atoms with Crippen molar-refractivity contribution >= 4 is 11.8 Å². The first kappa shape index (κ1) is 18.1. The van der Waals surface area contributed by atoms with Gasteiger partial charge in [-0.15, -0.1) is 11.8 Å². The molecule has 0 aliphatic heterocycles. The average Bonchev–Trinajstić information content (AvgIpc) is 2.52. The van der Waals surface area contributed by atoms with Gasteiger partial charge in [0.2, 0.25) is 0 Å². The molecule has 1 heterocycles. The largest absolute Gasteiger partial charge is 0.260 e. The standard InChI is InChI=1S/C21H29NS/c1-14(2)17-11-19(15(3)4)21(20(12-17)16(5)6)23-13-18-9-7-8-10-22-18/h7-12,14-16H,13H2,1-6H3. The van der Waals surface area contributed by atoms with E-state index in [1.165, 1.54) is 21.6 Å². The third-order valence-electron chi connectivity index (χ3n) is 4.17. The number of hydrogen-bond donors (Lipinski definition) is 0. The van der Waals surface area contributed by atoms with Crippen molar-refractivity contribution in [3.8, 4) is 0 Å². The molecule has 0 saturated carbocycles. The number of aromatic nitrogens is 1. The molecule has 0 aliphatic rings. The highest BCUT2D eigenvalue weighted by atomic mass is 32.2. The first-order valence-electron chi connectivity index (χ1n) is 8.60. The maximum Gasteiger partial charge on any atom is 0.0506 e. The van der Waals surface area contributed by atoms with Crippen molar-refractivity contribution in [1.82, 2.24) is 4.98 Å². The molecule has 1 nitrogen and oxygen atoms in total. The molecule has 0 radical (unpaired) electrons. The molecule has 2 heteroatoms. The van der Waals surface area contributed by atoms with E-state index in [0.29, 0.717) is 17.8 Å². The first-order valence-corrected chi connectivity index (χ1v) is 9.59. The number of nitrogens with zero attached hydrogens (tertiary/aromatic N) is 1. The molecule has 2 rings (SSSR count). The average molecular weight is 328 g/mol. The number of benzene rings is 1. The second-order valence-corrected chi connectivity index (χ2v) is 8.09. The summed E-state index contributed by atoms with van der Waals surface area (Å²) in [6.07, 6.45) is 1.88. The van der Waals surface area contributed by atoms with Crippen LogP contribution in [0.2, 0.25) is 0 Å². The predicted octanol–water partition coefficient (Wildman–Crippen LogP) is 6.74. The van der Waals surface area contributed by atoms with Gasteiger partial charge in [0.25, 0.3) is 0 Å². The first-order chi connectivity index (χ1) is 10.9. The van der Waals surface area contributed by atoms with E-state index < -0.39 is 0 Å². The van der Waals surface area contributed by atoms with Gasteiger partial charge in [-0.3, -0.25) is 4.98 Å². The van der Waals surface area contributed by atoms with Crippen LogP contribution in [0.15, 0.2) is 41.4 Å². The minimum Gasteiger partial charge on any atom is -0.260 e. The van der Waals surface area contributed by atoms with Crippen LogP contribution in [0.4, 0.5) is 0 Å². The van der Waals surface area contributed by atoms with Gasteiger partial charge >= 0.3 is 0 Å². The fourth-order valence-corrected chi connectivity index (χ4v) is 4.07. The van der Waals surface area contributed by atoms with Crippen LogP contribution in [0, 0.1) is 0 Å². The van der Waals surface area contributed by atoms with E-state index in [9.17, 15) is 0 Å². The SMILES string of the molecule is CC(C)c1cc(C(C)C)c(SCc2ccccn2)c(C(C)C)c1. The fourth-order valence-electron chi connectivity index (χ4n) is 2.69. The quantitative estimate of drug-likeness (QED) is 0.545. The van der Waals surface area contributed by atoms with Gasteiger partial charge in [-0.25, -0.2) is 0 Å². The normalized spacial score (nSPS) is 11.7. The Labute approximate surface area is 145 Å². The Morgan fingerprint density at radius 1 is 0.870 bits per heavy atom. The van der Waals surface area contributed by atoms with Crippen molar-refractivity contribution < 1.29 is 0 Å². The Morgan fingerprint density at radius 2 is 1.48 bits per heavy atom. The molecular formula is C21H29NS. The van der Waals surface area contributed by atoms with E-state index in [-0.39, 0.29) is 0 Å². The molecule has 23 heavy (non-hydrogen) atoms. The lowest BCUT2D eigenvalue weighted by atomic mass is 9.89. The Hall–Kier alpha value is -1.28. The van der Waals surface area contributed by atoms with Gasteiger partial charge in [0.05, 0.1) is 5.69 Å². The molecule has 0 atom stereocenters. The number of rotatable bonds is 6. The van der Waals surface area contributed by atoms with Gasteiger partial charge < -0.3 is 0 Å². The lowest BCUT2D eigenvalue weighted by molar-refractivity contribution is 0.772. The van der Waals surface area contributed by atoms with Gasteiger partial charge in [-0.2, -0.15) is 0 Å². The van der Waals surface area contributed by atoms with E-state index in [0.717, 1.165) is 11.4 Å². The molecule has 1 aromatic heterocycles. The summed E-state index contributed by atoms with van der Waals surface area (Å²) in [4.78, 5) is 5.93. The Morgan fingerprint density at radius 3 is 1.91 bits per heavy atom. The molecular weight excluding hydrogens is 298 g/mol. The van der Waals surface area contributed by atoms with Gasteiger partial charge in [0, 0.05) is 16.8 Å². The summed E-state index contributed by atoms with van der Waals surface area (Å²) < 4.78 is 0. The zero-order chi connectivity index (χ0) is 17.0. The summed E-state index contributed by atoms with van der Waals surface area (Å²) in [5, 5.41) is 0. The number of hydrogen-bond acceptors (Lipinski definition) is 2. The third-order valence-corrected chi connectivity index (χ3v) is 5.37. The van der Waals surface area contributed by atoms with Crippen molar-refractivity contribution in [2.45, 2.75) is 69.9 Å². The van der Waals surface area contributed by atoms with Gasteiger partial charge in [0.15, 0.2) is 0 Å².